The number of benzene rings is 1. The van der Waals surface area contributed by atoms with E-state index in [1.54, 1.807) is 32.9 Å². The highest BCUT2D eigenvalue weighted by Crippen LogP contribution is 2.30. The minimum absolute atomic E-state index is 0.157. The number of carbonyl (C=O) groups excluding carboxylic acids is 2. The van der Waals surface area contributed by atoms with Gasteiger partial charge in [-0.1, -0.05) is 12.2 Å². The zero-order valence-electron chi connectivity index (χ0n) is 13.7. The van der Waals surface area contributed by atoms with E-state index in [1.807, 2.05) is 0 Å². The molecule has 130 valence electrons. The highest BCUT2D eigenvalue weighted by atomic mass is 16.6. The molecule has 1 aromatic carbocycles. The second-order valence-corrected chi connectivity index (χ2v) is 5.97. The second-order valence-electron chi connectivity index (χ2n) is 5.97. The number of hydrogen-bond acceptors (Lipinski definition) is 6. The van der Waals surface area contributed by atoms with Crippen LogP contribution in [0.2, 0.25) is 0 Å². The van der Waals surface area contributed by atoms with Crippen molar-refractivity contribution in [1.82, 2.24) is 5.32 Å². The van der Waals surface area contributed by atoms with Crippen LogP contribution < -0.4 is 5.32 Å². The van der Waals surface area contributed by atoms with Crippen molar-refractivity contribution in [2.75, 3.05) is 6.54 Å². The molecule has 0 radical (unpaired) electrons. The van der Waals surface area contributed by atoms with Gasteiger partial charge < -0.3 is 15.2 Å². The van der Waals surface area contributed by atoms with Crippen LogP contribution in [0.15, 0.2) is 18.2 Å². The molecule has 0 bridgehead atoms. The van der Waals surface area contributed by atoms with Crippen molar-refractivity contribution >= 4 is 24.1 Å². The van der Waals surface area contributed by atoms with Crippen LogP contribution in [0.25, 0.3) is 6.08 Å². The summed E-state index contributed by atoms with van der Waals surface area (Å²) in [6.07, 6.45) is 3.53. The number of amides is 1. The quantitative estimate of drug-likeness (QED) is 0.357. The Labute approximate surface area is 139 Å². The number of rotatable bonds is 6. The molecule has 0 fully saturated rings. The monoisotopic (exact) mass is 336 g/mol. The van der Waals surface area contributed by atoms with Gasteiger partial charge in [0.2, 0.25) is 5.75 Å². The Morgan fingerprint density at radius 2 is 2.08 bits per heavy atom. The first-order valence-electron chi connectivity index (χ1n) is 7.24. The van der Waals surface area contributed by atoms with E-state index in [0.717, 1.165) is 0 Å². The first-order valence-corrected chi connectivity index (χ1v) is 7.24. The van der Waals surface area contributed by atoms with E-state index >= 15 is 0 Å². The summed E-state index contributed by atoms with van der Waals surface area (Å²) in [5.74, 6) is -0.654. The van der Waals surface area contributed by atoms with Gasteiger partial charge in [0.05, 0.1) is 10.5 Å². The average molecular weight is 336 g/mol. The van der Waals surface area contributed by atoms with E-state index < -0.39 is 28.1 Å². The van der Waals surface area contributed by atoms with Crippen LogP contribution in [-0.4, -0.2) is 34.6 Å². The maximum absolute atomic E-state index is 11.4. The largest absolute Gasteiger partial charge is 0.502 e. The average Bonchev–Trinajstić information content (AvgIpc) is 2.46. The molecule has 8 heteroatoms. The van der Waals surface area contributed by atoms with Gasteiger partial charge in [0.15, 0.2) is 6.29 Å². The molecule has 1 rings (SSSR count). The van der Waals surface area contributed by atoms with Gasteiger partial charge >= 0.3 is 11.8 Å². The van der Waals surface area contributed by atoms with Crippen LogP contribution in [0.1, 0.15) is 43.1 Å². The zero-order chi connectivity index (χ0) is 18.3. The van der Waals surface area contributed by atoms with Gasteiger partial charge in [-0.2, -0.15) is 0 Å². The van der Waals surface area contributed by atoms with Gasteiger partial charge in [-0.15, -0.1) is 0 Å². The van der Waals surface area contributed by atoms with Crippen molar-refractivity contribution in [2.24, 2.45) is 0 Å². The van der Waals surface area contributed by atoms with Crippen LogP contribution in [-0.2, 0) is 4.74 Å². The third-order valence-corrected chi connectivity index (χ3v) is 2.75. The lowest BCUT2D eigenvalue weighted by atomic mass is 10.1. The number of ether oxygens (including phenoxy) is 1. The normalized spacial score (nSPS) is 11.3. The van der Waals surface area contributed by atoms with Crippen LogP contribution in [0.5, 0.6) is 5.75 Å². The Bertz CT molecular complexity index is 661. The predicted molar refractivity (Wildman–Crippen MR) is 88.0 cm³/mol. The highest BCUT2D eigenvalue weighted by Gasteiger charge is 2.18. The first kappa shape index (κ1) is 19.1. The summed E-state index contributed by atoms with van der Waals surface area (Å²) in [4.78, 5) is 32.4. The van der Waals surface area contributed by atoms with E-state index in [1.165, 1.54) is 12.1 Å². The summed E-state index contributed by atoms with van der Waals surface area (Å²) in [6, 6.07) is 2.51. The first-order chi connectivity index (χ1) is 11.1. The smallest absolute Gasteiger partial charge is 0.407 e. The molecule has 0 saturated carbocycles. The fourth-order valence-corrected chi connectivity index (χ4v) is 1.78. The summed E-state index contributed by atoms with van der Waals surface area (Å²) in [7, 11) is 0. The van der Waals surface area contributed by atoms with Gasteiger partial charge in [0.1, 0.15) is 5.60 Å². The number of aromatic hydroxyl groups is 1. The van der Waals surface area contributed by atoms with Gasteiger partial charge in [0.25, 0.3) is 0 Å². The van der Waals surface area contributed by atoms with E-state index in [-0.39, 0.29) is 5.56 Å². The molecule has 0 aromatic heterocycles. The Morgan fingerprint density at radius 3 is 2.62 bits per heavy atom. The Kier molecular flexibility index (Phi) is 6.46. The molecule has 24 heavy (non-hydrogen) atoms. The van der Waals surface area contributed by atoms with Crippen LogP contribution >= 0.6 is 0 Å². The van der Waals surface area contributed by atoms with E-state index in [0.29, 0.717) is 24.8 Å². The van der Waals surface area contributed by atoms with Gasteiger partial charge in [-0.05, 0) is 38.8 Å². The van der Waals surface area contributed by atoms with E-state index in [2.05, 4.69) is 5.32 Å². The van der Waals surface area contributed by atoms with Crippen molar-refractivity contribution in [1.29, 1.82) is 0 Å². The lowest BCUT2D eigenvalue weighted by Crippen LogP contribution is -2.32. The molecule has 0 aliphatic heterocycles. The fourth-order valence-electron chi connectivity index (χ4n) is 1.78. The number of nitro benzene ring substituents is 1. The number of carbonyl (C=O) groups is 2. The van der Waals surface area contributed by atoms with Gasteiger partial charge in [0, 0.05) is 12.6 Å². The minimum Gasteiger partial charge on any atom is -0.502 e. The molecule has 1 amide bonds. The fraction of sp³-hybridized carbons (Fsp3) is 0.375. The molecular formula is C16H20N2O6. The van der Waals surface area contributed by atoms with Crippen LogP contribution in [0.3, 0.4) is 0 Å². The van der Waals surface area contributed by atoms with Crippen molar-refractivity contribution in [3.05, 3.63) is 39.4 Å². The Hall–Kier alpha value is -2.90. The van der Waals surface area contributed by atoms with Gasteiger partial charge in [-0.25, -0.2) is 4.79 Å². The third-order valence-electron chi connectivity index (χ3n) is 2.75. The topological polar surface area (TPSA) is 119 Å². The lowest BCUT2D eigenvalue weighted by molar-refractivity contribution is -0.385. The number of nitrogens with one attached hydrogen (secondary N) is 1. The summed E-state index contributed by atoms with van der Waals surface area (Å²) < 4.78 is 5.07. The third kappa shape index (κ3) is 6.07. The summed E-state index contributed by atoms with van der Waals surface area (Å²) >= 11 is 0. The molecule has 2 N–H and O–H groups in total. The second kappa shape index (κ2) is 8.09. The number of nitro groups is 1. The Balaban J connectivity index is 2.65. The van der Waals surface area contributed by atoms with Crippen LogP contribution in [0, 0.1) is 10.1 Å². The molecule has 0 atom stereocenters. The van der Waals surface area contributed by atoms with Crippen molar-refractivity contribution in [3.8, 4) is 5.75 Å². The van der Waals surface area contributed by atoms with Crippen LogP contribution in [0.4, 0.5) is 10.5 Å². The molecule has 0 aliphatic rings. The zero-order valence-corrected chi connectivity index (χ0v) is 13.7. The van der Waals surface area contributed by atoms with E-state index in [4.69, 9.17) is 4.74 Å². The molecule has 1 aromatic rings. The molecule has 8 nitrogen and oxygen atoms in total. The summed E-state index contributed by atoms with van der Waals surface area (Å²) in [5.41, 5.74) is -0.864. The van der Waals surface area contributed by atoms with Crippen molar-refractivity contribution in [3.63, 3.8) is 0 Å². The Morgan fingerprint density at radius 1 is 1.42 bits per heavy atom. The highest BCUT2D eigenvalue weighted by molar-refractivity contribution is 5.83. The molecule has 0 unspecified atom stereocenters. The van der Waals surface area contributed by atoms with E-state index in [9.17, 15) is 24.8 Å². The number of phenols is 1. The number of aldehydes is 1. The standard InChI is InChI=1S/C16H20N2O6/c1-16(2,3)24-15(21)17-7-5-4-6-11-8-12(10-19)14(20)13(9-11)18(22)23/h4,6,8-10,20H,5,7H2,1-3H3,(H,17,21). The van der Waals surface area contributed by atoms with Crippen molar-refractivity contribution < 1.29 is 24.4 Å². The lowest BCUT2D eigenvalue weighted by Gasteiger charge is -2.19. The number of nitrogens with zero attached hydrogens (tertiary/aromatic N) is 1. The number of alkyl carbamates (subject to hydrolysis) is 1. The summed E-state index contributed by atoms with van der Waals surface area (Å²) in [6.45, 7) is 5.60. The maximum atomic E-state index is 11.4. The summed E-state index contributed by atoms with van der Waals surface area (Å²) in [5, 5.41) is 23.0. The molecule has 0 heterocycles. The van der Waals surface area contributed by atoms with Gasteiger partial charge in [-0.3, -0.25) is 14.9 Å². The SMILES string of the molecule is CC(C)(C)OC(=O)NCCC=Cc1cc(C=O)c(O)c([N+](=O)[O-])c1. The van der Waals surface area contributed by atoms with Crippen molar-refractivity contribution in [2.45, 2.75) is 32.8 Å². The molecule has 0 aliphatic carbocycles. The minimum atomic E-state index is -0.760. The molecule has 0 saturated heterocycles. The predicted octanol–water partition coefficient (Wildman–Crippen LogP) is 3.04. The molecule has 0 spiro atoms. The molecular weight excluding hydrogens is 316 g/mol. The number of hydrogen-bond donors (Lipinski definition) is 2. The number of phenolic OH excluding ortho intramolecular Hbond substituents is 1. The maximum Gasteiger partial charge on any atom is 0.407 e.